The summed E-state index contributed by atoms with van der Waals surface area (Å²) in [7, 11) is 1.73. The molecule has 0 spiro atoms. The van der Waals surface area contributed by atoms with E-state index in [4.69, 9.17) is 4.74 Å². The van der Waals surface area contributed by atoms with Gasteiger partial charge in [0, 0.05) is 17.5 Å². The van der Waals surface area contributed by atoms with Crippen molar-refractivity contribution in [3.05, 3.63) is 42.0 Å². The summed E-state index contributed by atoms with van der Waals surface area (Å²) in [5.74, 6) is 1.79. The van der Waals surface area contributed by atoms with Gasteiger partial charge in [-0.3, -0.25) is 0 Å². The first kappa shape index (κ1) is 13.4. The fraction of sp³-hybridized carbons (Fsp3) is 0.444. The molecule has 1 N–H and O–H groups in total. The van der Waals surface area contributed by atoms with Crippen molar-refractivity contribution in [3.8, 4) is 5.75 Å². The van der Waals surface area contributed by atoms with E-state index in [0.29, 0.717) is 0 Å². The van der Waals surface area contributed by atoms with Crippen LogP contribution in [-0.2, 0) is 6.54 Å². The van der Waals surface area contributed by atoms with Crippen LogP contribution < -0.4 is 10.1 Å². The number of hydrogen-bond donors (Lipinski definition) is 1. The molecule has 0 heterocycles. The first-order valence-corrected chi connectivity index (χ1v) is 7.41. The minimum atomic E-state index is 0.237. The van der Waals surface area contributed by atoms with Gasteiger partial charge in [0.1, 0.15) is 5.75 Å². The Morgan fingerprint density at radius 1 is 1.10 bits per heavy atom. The smallest absolute Gasteiger partial charge is 0.126 e. The van der Waals surface area contributed by atoms with Gasteiger partial charge in [-0.15, -0.1) is 0 Å². The number of hydrogen-bond acceptors (Lipinski definition) is 2. The maximum absolute atomic E-state index is 5.46. The van der Waals surface area contributed by atoms with Gasteiger partial charge in [-0.1, -0.05) is 30.3 Å². The molecule has 1 saturated carbocycles. The van der Waals surface area contributed by atoms with Gasteiger partial charge in [-0.25, -0.2) is 0 Å². The molecule has 2 heteroatoms. The summed E-state index contributed by atoms with van der Waals surface area (Å²) >= 11 is 0. The molecule has 20 heavy (non-hydrogen) atoms. The van der Waals surface area contributed by atoms with E-state index in [9.17, 15) is 0 Å². The third kappa shape index (κ3) is 2.53. The van der Waals surface area contributed by atoms with E-state index < -0.39 is 0 Å². The summed E-state index contributed by atoms with van der Waals surface area (Å²) in [6.07, 6.45) is 2.73. The molecule has 1 aliphatic rings. The quantitative estimate of drug-likeness (QED) is 0.881. The zero-order valence-electron chi connectivity index (χ0n) is 12.6. The summed E-state index contributed by atoms with van der Waals surface area (Å²) in [6.45, 7) is 5.54. The zero-order chi connectivity index (χ0) is 14.2. The predicted molar refractivity (Wildman–Crippen MR) is 84.1 cm³/mol. The predicted octanol–water partition coefficient (Wildman–Crippen LogP) is 4.13. The van der Waals surface area contributed by atoms with E-state index in [-0.39, 0.29) is 5.54 Å². The van der Waals surface area contributed by atoms with E-state index in [0.717, 1.165) is 18.2 Å². The molecule has 0 amide bonds. The normalized spacial score (nSPS) is 15.6. The van der Waals surface area contributed by atoms with E-state index in [2.05, 4.69) is 55.6 Å². The van der Waals surface area contributed by atoms with Crippen LogP contribution >= 0.6 is 0 Å². The Kier molecular flexibility index (Phi) is 3.43. The van der Waals surface area contributed by atoms with Gasteiger partial charge in [-0.2, -0.15) is 0 Å². The van der Waals surface area contributed by atoms with Crippen LogP contribution in [-0.4, -0.2) is 12.6 Å². The summed E-state index contributed by atoms with van der Waals surface area (Å²) in [4.78, 5) is 0. The molecule has 0 atom stereocenters. The minimum absolute atomic E-state index is 0.237. The Balaban J connectivity index is 1.88. The lowest BCUT2D eigenvalue weighted by Crippen LogP contribution is -2.40. The van der Waals surface area contributed by atoms with Crippen molar-refractivity contribution in [2.24, 2.45) is 5.92 Å². The fourth-order valence-electron chi connectivity index (χ4n) is 2.94. The highest BCUT2D eigenvalue weighted by atomic mass is 16.5. The SMILES string of the molecule is COc1ccc(CNC(C)(C)C2CC2)c2ccccc12. The van der Waals surface area contributed by atoms with E-state index in [1.165, 1.54) is 29.2 Å². The number of ether oxygens (including phenoxy) is 1. The Hall–Kier alpha value is -1.54. The Bertz CT molecular complexity index is 614. The molecule has 106 valence electrons. The van der Waals surface area contributed by atoms with Gasteiger partial charge in [0.25, 0.3) is 0 Å². The molecule has 0 bridgehead atoms. The zero-order valence-corrected chi connectivity index (χ0v) is 12.6. The molecule has 1 fully saturated rings. The molecular formula is C18H23NO. The molecule has 1 aliphatic carbocycles. The van der Waals surface area contributed by atoms with Gasteiger partial charge in [0.15, 0.2) is 0 Å². The summed E-state index contributed by atoms with van der Waals surface area (Å²) in [5.41, 5.74) is 1.58. The van der Waals surface area contributed by atoms with E-state index in [1.807, 2.05) is 0 Å². The number of fused-ring (bicyclic) bond motifs is 1. The highest BCUT2D eigenvalue weighted by molar-refractivity contribution is 5.91. The summed E-state index contributed by atoms with van der Waals surface area (Å²) in [5, 5.41) is 6.20. The average Bonchev–Trinajstić information content (AvgIpc) is 3.29. The fourth-order valence-corrected chi connectivity index (χ4v) is 2.94. The largest absolute Gasteiger partial charge is 0.496 e. The number of rotatable bonds is 5. The van der Waals surface area contributed by atoms with Crippen molar-refractivity contribution in [3.63, 3.8) is 0 Å². The van der Waals surface area contributed by atoms with Crippen molar-refractivity contribution >= 4 is 10.8 Å². The van der Waals surface area contributed by atoms with Gasteiger partial charge < -0.3 is 10.1 Å². The van der Waals surface area contributed by atoms with E-state index in [1.54, 1.807) is 7.11 Å². The Labute approximate surface area is 121 Å². The molecule has 2 nitrogen and oxygen atoms in total. The topological polar surface area (TPSA) is 21.3 Å². The van der Waals surface area contributed by atoms with Gasteiger partial charge in [-0.05, 0) is 49.6 Å². The van der Waals surface area contributed by atoms with Crippen molar-refractivity contribution in [2.45, 2.75) is 38.8 Å². The molecule has 0 saturated heterocycles. The van der Waals surface area contributed by atoms with Crippen molar-refractivity contribution < 1.29 is 4.74 Å². The van der Waals surface area contributed by atoms with Crippen molar-refractivity contribution in [2.75, 3.05) is 7.11 Å². The lowest BCUT2D eigenvalue weighted by molar-refractivity contribution is 0.340. The standard InChI is InChI=1S/C18H23NO/c1-18(2,14-9-10-14)19-12-13-8-11-17(20-3)16-7-5-4-6-15(13)16/h4-8,11,14,19H,9-10,12H2,1-3H3. The van der Waals surface area contributed by atoms with E-state index >= 15 is 0 Å². The lowest BCUT2D eigenvalue weighted by Gasteiger charge is -2.26. The second-order valence-corrected chi connectivity index (χ2v) is 6.32. The number of methoxy groups -OCH3 is 1. The molecule has 0 unspecified atom stereocenters. The maximum Gasteiger partial charge on any atom is 0.126 e. The lowest BCUT2D eigenvalue weighted by atomic mass is 9.97. The minimum Gasteiger partial charge on any atom is -0.496 e. The monoisotopic (exact) mass is 269 g/mol. The Morgan fingerprint density at radius 2 is 1.80 bits per heavy atom. The maximum atomic E-state index is 5.46. The van der Waals surface area contributed by atoms with Crippen LogP contribution in [0.15, 0.2) is 36.4 Å². The molecular weight excluding hydrogens is 246 g/mol. The molecule has 0 radical (unpaired) electrons. The van der Waals surface area contributed by atoms with Crippen LogP contribution in [0.2, 0.25) is 0 Å². The summed E-state index contributed by atoms with van der Waals surface area (Å²) in [6, 6.07) is 12.7. The second kappa shape index (κ2) is 5.10. The van der Waals surface area contributed by atoms with Gasteiger partial charge in [0.05, 0.1) is 7.11 Å². The molecule has 0 aliphatic heterocycles. The van der Waals surface area contributed by atoms with Gasteiger partial charge in [0.2, 0.25) is 0 Å². The van der Waals surface area contributed by atoms with Crippen LogP contribution in [0.5, 0.6) is 5.75 Å². The Morgan fingerprint density at radius 3 is 2.45 bits per heavy atom. The first-order chi connectivity index (χ1) is 9.62. The third-order valence-corrected chi connectivity index (χ3v) is 4.53. The molecule has 3 rings (SSSR count). The van der Waals surface area contributed by atoms with Crippen molar-refractivity contribution in [1.82, 2.24) is 5.32 Å². The molecule has 2 aromatic rings. The first-order valence-electron chi connectivity index (χ1n) is 7.41. The van der Waals surface area contributed by atoms with Crippen LogP contribution in [0.4, 0.5) is 0 Å². The van der Waals surface area contributed by atoms with Crippen LogP contribution in [0, 0.1) is 5.92 Å². The number of benzene rings is 2. The summed E-state index contributed by atoms with van der Waals surface area (Å²) < 4.78 is 5.46. The highest BCUT2D eigenvalue weighted by Crippen LogP contribution is 2.39. The van der Waals surface area contributed by atoms with Crippen LogP contribution in [0.25, 0.3) is 10.8 Å². The third-order valence-electron chi connectivity index (χ3n) is 4.53. The van der Waals surface area contributed by atoms with Crippen LogP contribution in [0.3, 0.4) is 0 Å². The average molecular weight is 269 g/mol. The highest BCUT2D eigenvalue weighted by Gasteiger charge is 2.37. The van der Waals surface area contributed by atoms with Crippen LogP contribution in [0.1, 0.15) is 32.3 Å². The molecule has 2 aromatic carbocycles. The van der Waals surface area contributed by atoms with Crippen molar-refractivity contribution in [1.29, 1.82) is 0 Å². The second-order valence-electron chi connectivity index (χ2n) is 6.32. The number of nitrogens with one attached hydrogen (secondary N) is 1. The van der Waals surface area contributed by atoms with Gasteiger partial charge >= 0.3 is 0 Å². The molecule has 0 aromatic heterocycles.